The fraction of sp³-hybridized carbons (Fsp3) is 0.583. The lowest BCUT2D eigenvalue weighted by Gasteiger charge is -2.33. The van der Waals surface area contributed by atoms with Crippen molar-refractivity contribution in [1.82, 2.24) is 9.29 Å². The Bertz CT molecular complexity index is 601. The summed E-state index contributed by atoms with van der Waals surface area (Å²) in [5.41, 5.74) is -1.14. The summed E-state index contributed by atoms with van der Waals surface area (Å²) in [6, 6.07) is 1.52. The Morgan fingerprint density at radius 2 is 2.05 bits per heavy atom. The summed E-state index contributed by atoms with van der Waals surface area (Å²) in [4.78, 5) is 2.84. The van der Waals surface area contributed by atoms with Crippen molar-refractivity contribution in [2.24, 2.45) is 5.92 Å². The van der Waals surface area contributed by atoms with E-state index in [1.165, 1.54) is 0 Å². The summed E-state index contributed by atoms with van der Waals surface area (Å²) in [5, 5.41) is 9.74. The molecule has 0 amide bonds. The predicted molar refractivity (Wildman–Crippen MR) is 67.8 cm³/mol. The molecule has 0 radical (unpaired) electrons. The maximum Gasteiger partial charge on any atom is 0.433 e. The van der Waals surface area contributed by atoms with Crippen LogP contribution in [-0.2, 0) is 16.2 Å². The average molecular weight is 324 g/mol. The molecule has 1 fully saturated rings. The maximum atomic E-state index is 12.4. The summed E-state index contributed by atoms with van der Waals surface area (Å²) < 4.78 is 62.9. The highest BCUT2D eigenvalue weighted by atomic mass is 32.2. The number of pyridine rings is 1. The SMILES string of the molecule is C[C@@H]1CCN(S(=O)(=O)c2ccc(C(F)(F)F)nc2)C[C@H]1O. The molecule has 21 heavy (non-hydrogen) atoms. The van der Waals surface area contributed by atoms with Crippen molar-refractivity contribution in [3.63, 3.8) is 0 Å². The van der Waals surface area contributed by atoms with Gasteiger partial charge in [0.2, 0.25) is 10.0 Å². The van der Waals surface area contributed by atoms with Crippen LogP contribution in [-0.4, -0.2) is 42.0 Å². The van der Waals surface area contributed by atoms with Crippen molar-refractivity contribution in [2.75, 3.05) is 13.1 Å². The molecule has 1 aromatic rings. The third kappa shape index (κ3) is 3.35. The standard InChI is InChI=1S/C12H15F3N2O3S/c1-8-4-5-17(7-10(8)18)21(19,20)9-2-3-11(16-6-9)12(13,14)15/h2-3,6,8,10,18H,4-5,7H2,1H3/t8-,10-/m1/s1. The predicted octanol–water partition coefficient (Wildman–Crippen LogP) is 1.49. The first kappa shape index (κ1) is 16.2. The number of piperidine rings is 1. The number of rotatable bonds is 2. The van der Waals surface area contributed by atoms with Crippen LogP contribution in [0, 0.1) is 5.92 Å². The minimum absolute atomic E-state index is 0.0119. The van der Waals surface area contributed by atoms with E-state index in [9.17, 15) is 26.7 Å². The quantitative estimate of drug-likeness (QED) is 0.895. The molecule has 0 saturated carbocycles. The second kappa shape index (κ2) is 5.54. The number of halogens is 3. The number of sulfonamides is 1. The van der Waals surface area contributed by atoms with E-state index in [-0.39, 0.29) is 23.9 Å². The van der Waals surface area contributed by atoms with Crippen LogP contribution in [0.25, 0.3) is 0 Å². The van der Waals surface area contributed by atoms with Crippen LogP contribution < -0.4 is 0 Å². The molecule has 0 aromatic carbocycles. The lowest BCUT2D eigenvalue weighted by molar-refractivity contribution is -0.141. The van der Waals surface area contributed by atoms with E-state index >= 15 is 0 Å². The molecule has 0 bridgehead atoms. The van der Waals surface area contributed by atoms with E-state index < -0.39 is 28.0 Å². The van der Waals surface area contributed by atoms with Crippen LogP contribution in [0.3, 0.4) is 0 Å². The van der Waals surface area contributed by atoms with E-state index in [2.05, 4.69) is 4.98 Å². The summed E-state index contributed by atoms with van der Waals surface area (Å²) >= 11 is 0. The smallest absolute Gasteiger partial charge is 0.391 e. The third-order valence-corrected chi connectivity index (χ3v) is 5.39. The van der Waals surface area contributed by atoms with Gasteiger partial charge in [-0.3, -0.25) is 4.98 Å². The molecular formula is C12H15F3N2O3S. The summed E-state index contributed by atoms with van der Waals surface area (Å²) in [7, 11) is -3.94. The van der Waals surface area contributed by atoms with Gasteiger partial charge >= 0.3 is 6.18 Å². The Balaban J connectivity index is 2.24. The first-order valence-electron chi connectivity index (χ1n) is 6.34. The number of alkyl halides is 3. The zero-order valence-corrected chi connectivity index (χ0v) is 12.0. The molecule has 0 unspecified atom stereocenters. The zero-order chi connectivity index (χ0) is 15.8. The Labute approximate surface area is 120 Å². The fourth-order valence-corrected chi connectivity index (χ4v) is 3.51. The molecule has 2 rings (SSSR count). The highest BCUT2D eigenvalue weighted by Gasteiger charge is 2.35. The maximum absolute atomic E-state index is 12.4. The van der Waals surface area contributed by atoms with Crippen molar-refractivity contribution < 1.29 is 26.7 Å². The molecule has 0 aliphatic carbocycles. The van der Waals surface area contributed by atoms with Gasteiger partial charge in [-0.2, -0.15) is 17.5 Å². The molecule has 1 aliphatic rings. The van der Waals surface area contributed by atoms with E-state index in [0.717, 1.165) is 10.4 Å². The molecular weight excluding hydrogens is 309 g/mol. The largest absolute Gasteiger partial charge is 0.433 e. The lowest BCUT2D eigenvalue weighted by Crippen LogP contribution is -2.45. The highest BCUT2D eigenvalue weighted by Crippen LogP contribution is 2.29. The van der Waals surface area contributed by atoms with Gasteiger partial charge in [-0.25, -0.2) is 8.42 Å². The van der Waals surface area contributed by atoms with Crippen molar-refractivity contribution in [1.29, 1.82) is 0 Å². The van der Waals surface area contributed by atoms with Crippen LogP contribution in [0.1, 0.15) is 19.0 Å². The number of aliphatic hydroxyl groups excluding tert-OH is 1. The van der Waals surface area contributed by atoms with Gasteiger partial charge in [0.15, 0.2) is 0 Å². The Hall–Kier alpha value is -1.19. The average Bonchev–Trinajstić information content (AvgIpc) is 2.41. The first-order valence-corrected chi connectivity index (χ1v) is 7.78. The normalized spacial score (nSPS) is 25.0. The number of β-amino-alcohol motifs (C(OH)–C–C–N with tert-alkyl or cyclic N) is 1. The topological polar surface area (TPSA) is 70.5 Å². The Morgan fingerprint density at radius 1 is 1.38 bits per heavy atom. The summed E-state index contributed by atoms with van der Waals surface area (Å²) in [6.45, 7) is 1.97. The van der Waals surface area contributed by atoms with E-state index in [1.54, 1.807) is 0 Å². The minimum atomic E-state index is -4.61. The summed E-state index contributed by atoms with van der Waals surface area (Å²) in [6.07, 6.45) is -4.20. The van der Waals surface area contributed by atoms with E-state index in [1.807, 2.05) is 6.92 Å². The molecule has 5 nitrogen and oxygen atoms in total. The van der Waals surface area contributed by atoms with Gasteiger partial charge in [-0.05, 0) is 24.5 Å². The van der Waals surface area contributed by atoms with E-state index in [0.29, 0.717) is 18.7 Å². The van der Waals surface area contributed by atoms with Gasteiger partial charge in [0.05, 0.1) is 6.10 Å². The van der Waals surface area contributed by atoms with Gasteiger partial charge < -0.3 is 5.11 Å². The van der Waals surface area contributed by atoms with Gasteiger partial charge in [0.25, 0.3) is 0 Å². The first-order chi connectivity index (χ1) is 9.62. The highest BCUT2D eigenvalue weighted by molar-refractivity contribution is 7.89. The second-order valence-electron chi connectivity index (χ2n) is 5.07. The molecule has 2 heterocycles. The fourth-order valence-electron chi connectivity index (χ4n) is 2.09. The number of aliphatic hydroxyl groups is 1. The van der Waals surface area contributed by atoms with Crippen LogP contribution in [0.15, 0.2) is 23.2 Å². The van der Waals surface area contributed by atoms with Crippen molar-refractivity contribution in [2.45, 2.75) is 30.5 Å². The Kier molecular flexibility index (Phi) is 4.27. The molecule has 2 atom stereocenters. The minimum Gasteiger partial charge on any atom is -0.391 e. The van der Waals surface area contributed by atoms with Gasteiger partial charge in [0.1, 0.15) is 10.6 Å². The number of nitrogens with zero attached hydrogens (tertiary/aromatic N) is 2. The van der Waals surface area contributed by atoms with Gasteiger partial charge in [-0.15, -0.1) is 0 Å². The molecule has 1 N–H and O–H groups in total. The van der Waals surface area contributed by atoms with Gasteiger partial charge in [0, 0.05) is 19.3 Å². The van der Waals surface area contributed by atoms with Crippen LogP contribution in [0.5, 0.6) is 0 Å². The van der Waals surface area contributed by atoms with Crippen LogP contribution in [0.2, 0.25) is 0 Å². The lowest BCUT2D eigenvalue weighted by atomic mass is 9.98. The molecule has 1 aliphatic heterocycles. The van der Waals surface area contributed by atoms with E-state index in [4.69, 9.17) is 0 Å². The molecule has 1 saturated heterocycles. The number of hydrogen-bond donors (Lipinski definition) is 1. The van der Waals surface area contributed by atoms with Gasteiger partial charge in [-0.1, -0.05) is 6.92 Å². The molecule has 1 aromatic heterocycles. The molecule has 118 valence electrons. The second-order valence-corrected chi connectivity index (χ2v) is 7.01. The van der Waals surface area contributed by atoms with Crippen LogP contribution >= 0.6 is 0 Å². The van der Waals surface area contributed by atoms with Crippen molar-refractivity contribution in [3.05, 3.63) is 24.0 Å². The number of hydrogen-bond acceptors (Lipinski definition) is 4. The van der Waals surface area contributed by atoms with Crippen molar-refractivity contribution in [3.8, 4) is 0 Å². The van der Waals surface area contributed by atoms with Crippen molar-refractivity contribution >= 4 is 10.0 Å². The molecule has 0 spiro atoms. The number of aromatic nitrogens is 1. The van der Waals surface area contributed by atoms with Crippen LogP contribution in [0.4, 0.5) is 13.2 Å². The monoisotopic (exact) mass is 324 g/mol. The third-order valence-electron chi connectivity index (χ3n) is 3.55. The summed E-state index contributed by atoms with van der Waals surface area (Å²) in [5.74, 6) is -0.0119. The zero-order valence-electron chi connectivity index (χ0n) is 11.2. The Morgan fingerprint density at radius 3 is 2.52 bits per heavy atom. The molecule has 9 heteroatoms.